The molecular formula is C3H7NO. The predicted molar refractivity (Wildman–Crippen MR) is 21.3 cm³/mol. The van der Waals surface area contributed by atoms with Gasteiger partial charge in [-0.1, -0.05) is 0 Å². The van der Waals surface area contributed by atoms with Gasteiger partial charge in [0.15, 0.2) is 0 Å². The summed E-state index contributed by atoms with van der Waals surface area (Å²) in [6.07, 6.45) is 1.56. The zero-order valence-corrected chi connectivity index (χ0v) is 3.18. The Morgan fingerprint density at radius 1 is 2.00 bits per heavy atom. The Hall–Kier alpha value is -0.370. The number of aliphatic imine (C=N–C) groups is 1. The Morgan fingerprint density at radius 2 is 2.60 bits per heavy atom. The number of aliphatic hydroxyl groups is 1. The van der Waals surface area contributed by atoms with Crippen LogP contribution in [0.1, 0.15) is 6.92 Å². The van der Waals surface area contributed by atoms with Crippen molar-refractivity contribution in [1.29, 1.82) is 0 Å². The fraction of sp³-hybridized carbons (Fsp3) is 0.667. The zero-order valence-electron chi connectivity index (χ0n) is 3.18. The molecule has 2 nitrogen and oxygen atoms in total. The third-order valence-corrected chi connectivity index (χ3v) is 0.264. The maximum absolute atomic E-state index is 7.87. The lowest BCUT2D eigenvalue weighted by atomic mass is 10.9. The van der Waals surface area contributed by atoms with E-state index in [0.717, 1.165) is 0 Å². The molecule has 0 fully saturated rings. The van der Waals surface area contributed by atoms with Gasteiger partial charge in [0.1, 0.15) is 6.73 Å². The zero-order chi connectivity index (χ0) is 4.12. The molecule has 0 heterocycles. The largest absolute Gasteiger partial charge is 0.375 e. The molecule has 0 unspecified atom stereocenters. The van der Waals surface area contributed by atoms with Crippen LogP contribution in [0, 0.1) is 0 Å². The maximum Gasteiger partial charge on any atom is 0.133 e. The number of aliphatic hydroxyl groups excluding tert-OH is 1. The SMILES string of the molecule is C/C=N/CO. The third kappa shape index (κ3) is 3.63. The summed E-state index contributed by atoms with van der Waals surface area (Å²) in [4.78, 5) is 3.40. The molecule has 0 amide bonds. The van der Waals surface area contributed by atoms with Gasteiger partial charge in [0.2, 0.25) is 0 Å². The van der Waals surface area contributed by atoms with Gasteiger partial charge >= 0.3 is 0 Å². The Labute approximate surface area is 31.2 Å². The lowest BCUT2D eigenvalue weighted by Crippen LogP contribution is -1.69. The summed E-state index contributed by atoms with van der Waals surface area (Å²) in [5, 5.41) is 7.87. The molecule has 0 bridgehead atoms. The van der Waals surface area contributed by atoms with E-state index in [9.17, 15) is 0 Å². The number of nitrogens with zero attached hydrogens (tertiary/aromatic N) is 1. The maximum atomic E-state index is 7.87. The van der Waals surface area contributed by atoms with Gasteiger partial charge in [-0.15, -0.1) is 0 Å². The first kappa shape index (κ1) is 4.63. The Morgan fingerprint density at radius 3 is 2.60 bits per heavy atom. The van der Waals surface area contributed by atoms with Crippen LogP contribution >= 0.6 is 0 Å². The van der Waals surface area contributed by atoms with E-state index in [0.29, 0.717) is 0 Å². The first-order valence-electron chi connectivity index (χ1n) is 1.47. The number of rotatable bonds is 1. The van der Waals surface area contributed by atoms with E-state index in [4.69, 9.17) is 5.11 Å². The summed E-state index contributed by atoms with van der Waals surface area (Å²) in [6, 6.07) is 0. The molecule has 0 aliphatic carbocycles. The summed E-state index contributed by atoms with van der Waals surface area (Å²) in [7, 11) is 0. The van der Waals surface area contributed by atoms with Gasteiger partial charge in [0.05, 0.1) is 0 Å². The molecule has 0 aromatic heterocycles. The second kappa shape index (κ2) is 3.63. The molecule has 30 valence electrons. The van der Waals surface area contributed by atoms with Crippen molar-refractivity contribution in [2.75, 3.05) is 6.73 Å². The Balaban J connectivity index is 2.62. The van der Waals surface area contributed by atoms with Crippen molar-refractivity contribution >= 4 is 6.21 Å². The molecule has 2 heteroatoms. The lowest BCUT2D eigenvalue weighted by molar-refractivity contribution is 0.310. The fourth-order valence-corrected chi connectivity index (χ4v) is 0.0816. The van der Waals surface area contributed by atoms with Crippen molar-refractivity contribution in [3.8, 4) is 0 Å². The smallest absolute Gasteiger partial charge is 0.133 e. The van der Waals surface area contributed by atoms with Gasteiger partial charge in [0.25, 0.3) is 0 Å². The number of hydrogen-bond donors (Lipinski definition) is 1. The van der Waals surface area contributed by atoms with Gasteiger partial charge in [-0.2, -0.15) is 0 Å². The standard InChI is InChI=1S/C3H7NO/c1-2-4-3-5/h2,5H,3H2,1H3/b4-2+. The summed E-state index contributed by atoms with van der Waals surface area (Å²) in [6.45, 7) is 1.67. The second-order valence-electron chi connectivity index (χ2n) is 0.582. The highest BCUT2D eigenvalue weighted by Gasteiger charge is 1.51. The van der Waals surface area contributed by atoms with E-state index < -0.39 is 0 Å². The highest BCUT2D eigenvalue weighted by atomic mass is 16.3. The molecule has 0 rings (SSSR count). The van der Waals surface area contributed by atoms with Crippen molar-refractivity contribution in [2.45, 2.75) is 6.92 Å². The monoisotopic (exact) mass is 73.1 g/mol. The van der Waals surface area contributed by atoms with Crippen LogP contribution in [0.15, 0.2) is 4.99 Å². The van der Waals surface area contributed by atoms with Crippen LogP contribution in [0.4, 0.5) is 0 Å². The third-order valence-electron chi connectivity index (χ3n) is 0.264. The van der Waals surface area contributed by atoms with Crippen LogP contribution in [-0.2, 0) is 0 Å². The van der Waals surface area contributed by atoms with Crippen molar-refractivity contribution in [2.24, 2.45) is 4.99 Å². The normalized spacial score (nSPS) is 10.0. The van der Waals surface area contributed by atoms with Crippen LogP contribution in [0.25, 0.3) is 0 Å². The van der Waals surface area contributed by atoms with Gasteiger partial charge in [-0.05, 0) is 13.1 Å². The van der Waals surface area contributed by atoms with E-state index in [1.54, 1.807) is 13.1 Å². The first-order chi connectivity index (χ1) is 2.41. The van der Waals surface area contributed by atoms with Crippen LogP contribution < -0.4 is 0 Å². The molecular weight excluding hydrogens is 66.0 g/mol. The van der Waals surface area contributed by atoms with Gasteiger partial charge in [0, 0.05) is 0 Å². The predicted octanol–water partition coefficient (Wildman–Crippen LogP) is 0.0269. The molecule has 0 aliphatic rings. The van der Waals surface area contributed by atoms with Crippen LogP contribution in [0.2, 0.25) is 0 Å². The molecule has 0 saturated carbocycles. The topological polar surface area (TPSA) is 32.6 Å². The quantitative estimate of drug-likeness (QED) is 0.436. The molecule has 5 heavy (non-hydrogen) atoms. The van der Waals surface area contributed by atoms with Crippen molar-refractivity contribution < 1.29 is 5.11 Å². The fourth-order valence-electron chi connectivity index (χ4n) is 0.0816. The molecule has 0 radical (unpaired) electrons. The second-order valence-corrected chi connectivity index (χ2v) is 0.582. The summed E-state index contributed by atoms with van der Waals surface area (Å²) >= 11 is 0. The van der Waals surface area contributed by atoms with E-state index in [1.165, 1.54) is 0 Å². The van der Waals surface area contributed by atoms with Gasteiger partial charge in [-0.25, -0.2) is 0 Å². The molecule has 0 spiro atoms. The highest BCUT2D eigenvalue weighted by molar-refractivity contribution is 5.52. The average Bonchev–Trinajstić information content (AvgIpc) is 1.41. The highest BCUT2D eigenvalue weighted by Crippen LogP contribution is 1.52. The first-order valence-corrected chi connectivity index (χ1v) is 1.47. The van der Waals surface area contributed by atoms with Crippen LogP contribution in [0.3, 0.4) is 0 Å². The van der Waals surface area contributed by atoms with Crippen LogP contribution in [-0.4, -0.2) is 18.1 Å². The molecule has 1 N–H and O–H groups in total. The van der Waals surface area contributed by atoms with E-state index in [1.807, 2.05) is 0 Å². The van der Waals surface area contributed by atoms with Crippen molar-refractivity contribution in [3.63, 3.8) is 0 Å². The van der Waals surface area contributed by atoms with E-state index >= 15 is 0 Å². The minimum absolute atomic E-state index is 0.0868. The Bertz CT molecular complexity index is 33.9. The summed E-state index contributed by atoms with van der Waals surface area (Å²) in [5.74, 6) is 0. The van der Waals surface area contributed by atoms with Crippen LogP contribution in [0.5, 0.6) is 0 Å². The minimum Gasteiger partial charge on any atom is -0.375 e. The van der Waals surface area contributed by atoms with Crippen molar-refractivity contribution in [3.05, 3.63) is 0 Å². The lowest BCUT2D eigenvalue weighted by Gasteiger charge is -1.68. The molecule has 0 saturated heterocycles. The Kier molecular flexibility index (Phi) is 3.36. The van der Waals surface area contributed by atoms with Crippen molar-refractivity contribution in [1.82, 2.24) is 0 Å². The molecule has 0 atom stereocenters. The minimum atomic E-state index is -0.0868. The summed E-state index contributed by atoms with van der Waals surface area (Å²) < 4.78 is 0. The molecule has 0 aliphatic heterocycles. The molecule has 0 aromatic carbocycles. The number of hydrogen-bond acceptors (Lipinski definition) is 2. The average molecular weight is 73.1 g/mol. The van der Waals surface area contributed by atoms with E-state index in [2.05, 4.69) is 4.99 Å². The van der Waals surface area contributed by atoms with Gasteiger partial charge < -0.3 is 5.11 Å². The van der Waals surface area contributed by atoms with E-state index in [-0.39, 0.29) is 6.73 Å². The molecule has 0 aromatic rings. The summed E-state index contributed by atoms with van der Waals surface area (Å²) in [5.41, 5.74) is 0. The van der Waals surface area contributed by atoms with Gasteiger partial charge in [-0.3, -0.25) is 4.99 Å².